The van der Waals surface area contributed by atoms with Crippen LogP contribution < -0.4 is 10.2 Å². The minimum absolute atomic E-state index is 0.0260. The van der Waals surface area contributed by atoms with Crippen LogP contribution in [0.3, 0.4) is 0 Å². The molecular weight excluding hydrogens is 436 g/mol. The SMILES string of the molecule is Cc1ccc(NC(=O)CSc2nnc(N3CCOCC3)n2CC2CCCO2)cc1[N+](=O)[O-]. The highest BCUT2D eigenvalue weighted by Crippen LogP contribution is 2.27. The number of nitro groups is 1. The summed E-state index contributed by atoms with van der Waals surface area (Å²) in [5.74, 6) is 0.600. The molecule has 0 aliphatic carbocycles. The molecule has 1 amide bonds. The molecule has 0 saturated carbocycles. The molecule has 2 saturated heterocycles. The summed E-state index contributed by atoms with van der Waals surface area (Å²) in [6.07, 6.45) is 2.12. The Morgan fingerprint density at radius 2 is 2.12 bits per heavy atom. The summed E-state index contributed by atoms with van der Waals surface area (Å²) in [6, 6.07) is 4.64. The number of aryl methyl sites for hydroxylation is 1. The fourth-order valence-electron chi connectivity index (χ4n) is 3.75. The maximum atomic E-state index is 12.5. The smallest absolute Gasteiger partial charge is 0.274 e. The quantitative estimate of drug-likeness (QED) is 0.357. The fourth-order valence-corrected chi connectivity index (χ4v) is 4.49. The Morgan fingerprint density at radius 1 is 1.31 bits per heavy atom. The Balaban J connectivity index is 1.43. The molecule has 1 unspecified atom stereocenters. The van der Waals surface area contributed by atoms with Crippen molar-refractivity contribution in [3.8, 4) is 0 Å². The van der Waals surface area contributed by atoms with E-state index in [1.807, 2.05) is 4.57 Å². The molecule has 1 atom stereocenters. The Morgan fingerprint density at radius 3 is 2.84 bits per heavy atom. The Hall–Kier alpha value is -2.70. The lowest BCUT2D eigenvalue weighted by Crippen LogP contribution is -2.38. The van der Waals surface area contributed by atoms with Gasteiger partial charge in [0.2, 0.25) is 11.9 Å². The number of carbonyl (C=O) groups excluding carboxylic acids is 1. The molecule has 32 heavy (non-hydrogen) atoms. The highest BCUT2D eigenvalue weighted by molar-refractivity contribution is 7.99. The maximum Gasteiger partial charge on any atom is 0.274 e. The molecule has 172 valence electrons. The molecule has 12 heteroatoms. The fraction of sp³-hybridized carbons (Fsp3) is 0.550. The number of thioether (sulfide) groups is 1. The molecular formula is C20H26N6O5S. The molecule has 2 aliphatic rings. The van der Waals surface area contributed by atoms with Crippen molar-refractivity contribution in [3.63, 3.8) is 0 Å². The third kappa shape index (κ3) is 5.37. The molecule has 0 radical (unpaired) electrons. The number of nitrogens with zero attached hydrogens (tertiary/aromatic N) is 5. The predicted molar refractivity (Wildman–Crippen MR) is 119 cm³/mol. The molecule has 11 nitrogen and oxygen atoms in total. The number of carbonyl (C=O) groups is 1. The number of nitrogens with one attached hydrogen (secondary N) is 1. The Bertz CT molecular complexity index is 971. The average molecular weight is 463 g/mol. The number of amides is 1. The van der Waals surface area contributed by atoms with Crippen LogP contribution in [0.2, 0.25) is 0 Å². The molecule has 1 aromatic heterocycles. The van der Waals surface area contributed by atoms with E-state index < -0.39 is 4.92 Å². The van der Waals surface area contributed by atoms with Crippen LogP contribution in [0.5, 0.6) is 0 Å². The van der Waals surface area contributed by atoms with Crippen LogP contribution in [0.4, 0.5) is 17.3 Å². The van der Waals surface area contributed by atoms with Crippen molar-refractivity contribution < 1.29 is 19.2 Å². The number of hydrogen-bond acceptors (Lipinski definition) is 9. The molecule has 1 aromatic carbocycles. The molecule has 0 spiro atoms. The number of benzene rings is 1. The second-order valence-electron chi connectivity index (χ2n) is 7.72. The van der Waals surface area contributed by atoms with E-state index in [0.29, 0.717) is 36.2 Å². The van der Waals surface area contributed by atoms with Crippen LogP contribution >= 0.6 is 11.8 Å². The highest BCUT2D eigenvalue weighted by atomic mass is 32.2. The number of nitro benzene ring substituents is 1. The third-order valence-corrected chi connectivity index (χ3v) is 6.39. The van der Waals surface area contributed by atoms with Gasteiger partial charge < -0.3 is 19.7 Å². The van der Waals surface area contributed by atoms with Crippen molar-refractivity contribution in [1.82, 2.24) is 14.8 Å². The van der Waals surface area contributed by atoms with Crippen LogP contribution in [0, 0.1) is 17.0 Å². The van der Waals surface area contributed by atoms with Crippen molar-refractivity contribution in [2.24, 2.45) is 0 Å². The van der Waals surface area contributed by atoms with Gasteiger partial charge in [-0.15, -0.1) is 10.2 Å². The first-order valence-corrected chi connectivity index (χ1v) is 11.5. The van der Waals surface area contributed by atoms with Gasteiger partial charge in [0.25, 0.3) is 5.69 Å². The van der Waals surface area contributed by atoms with Gasteiger partial charge in [-0.05, 0) is 25.8 Å². The summed E-state index contributed by atoms with van der Waals surface area (Å²) in [7, 11) is 0. The zero-order valence-corrected chi connectivity index (χ0v) is 18.7. The van der Waals surface area contributed by atoms with Gasteiger partial charge in [-0.2, -0.15) is 0 Å². The number of ether oxygens (including phenoxy) is 2. The van der Waals surface area contributed by atoms with Gasteiger partial charge in [0.05, 0.1) is 36.5 Å². The zero-order chi connectivity index (χ0) is 22.5. The molecule has 2 aromatic rings. The number of morpholine rings is 1. The summed E-state index contributed by atoms with van der Waals surface area (Å²) in [6.45, 7) is 5.80. The van der Waals surface area contributed by atoms with Gasteiger partial charge in [0, 0.05) is 37.0 Å². The molecule has 0 bridgehead atoms. The average Bonchev–Trinajstić information content (AvgIpc) is 3.44. The minimum Gasteiger partial charge on any atom is -0.378 e. The van der Waals surface area contributed by atoms with Crippen molar-refractivity contribution in [1.29, 1.82) is 0 Å². The van der Waals surface area contributed by atoms with Gasteiger partial charge >= 0.3 is 0 Å². The largest absolute Gasteiger partial charge is 0.378 e. The lowest BCUT2D eigenvalue weighted by molar-refractivity contribution is -0.385. The van der Waals surface area contributed by atoms with E-state index in [1.54, 1.807) is 19.1 Å². The van der Waals surface area contributed by atoms with Crippen LogP contribution in [0.25, 0.3) is 0 Å². The highest BCUT2D eigenvalue weighted by Gasteiger charge is 2.25. The lowest BCUT2D eigenvalue weighted by Gasteiger charge is -2.28. The number of hydrogen-bond donors (Lipinski definition) is 1. The van der Waals surface area contributed by atoms with Crippen LogP contribution in [-0.2, 0) is 20.8 Å². The first kappa shape index (κ1) is 22.5. The van der Waals surface area contributed by atoms with Crippen molar-refractivity contribution in [3.05, 3.63) is 33.9 Å². The third-order valence-electron chi connectivity index (χ3n) is 5.42. The van der Waals surface area contributed by atoms with Gasteiger partial charge in [0.1, 0.15) is 0 Å². The van der Waals surface area contributed by atoms with Crippen LogP contribution in [0.15, 0.2) is 23.4 Å². The number of rotatable bonds is 8. The first-order chi connectivity index (χ1) is 15.5. The van der Waals surface area contributed by atoms with E-state index in [9.17, 15) is 14.9 Å². The van der Waals surface area contributed by atoms with Crippen molar-refractivity contribution in [2.45, 2.75) is 37.6 Å². The summed E-state index contributed by atoms with van der Waals surface area (Å²) in [5.41, 5.74) is 0.907. The molecule has 2 fully saturated rings. The number of anilines is 2. The summed E-state index contributed by atoms with van der Waals surface area (Å²) in [5, 5.41) is 23.2. The zero-order valence-electron chi connectivity index (χ0n) is 17.9. The van der Waals surface area contributed by atoms with Gasteiger partial charge in [-0.25, -0.2) is 0 Å². The van der Waals surface area contributed by atoms with Crippen LogP contribution in [0.1, 0.15) is 18.4 Å². The second-order valence-corrected chi connectivity index (χ2v) is 8.67. The summed E-state index contributed by atoms with van der Waals surface area (Å²) >= 11 is 1.29. The summed E-state index contributed by atoms with van der Waals surface area (Å²) in [4.78, 5) is 25.3. The topological polar surface area (TPSA) is 125 Å². The van der Waals surface area contributed by atoms with Crippen molar-refractivity contribution in [2.75, 3.05) is 48.9 Å². The standard InChI is InChI=1S/C20H26N6O5S/c1-14-4-5-15(11-17(14)26(28)29)21-18(27)13-32-20-23-22-19(24-6-9-30-10-7-24)25(20)12-16-3-2-8-31-16/h4-5,11,16H,2-3,6-10,12-13H2,1H3,(H,21,27). The van der Waals surface area contributed by atoms with Gasteiger partial charge in [-0.3, -0.25) is 19.5 Å². The van der Waals surface area contributed by atoms with Gasteiger partial charge in [0.15, 0.2) is 5.16 Å². The van der Waals surface area contributed by atoms with Crippen LogP contribution in [-0.4, -0.2) is 70.4 Å². The van der Waals surface area contributed by atoms with Gasteiger partial charge in [-0.1, -0.05) is 17.8 Å². The Kier molecular flexibility index (Phi) is 7.22. The molecule has 4 rings (SSSR count). The number of aromatic nitrogens is 3. The molecule has 3 heterocycles. The van der Waals surface area contributed by atoms with E-state index in [2.05, 4.69) is 20.4 Å². The normalized spacial score (nSPS) is 18.7. The van der Waals surface area contributed by atoms with E-state index in [-0.39, 0.29) is 23.5 Å². The second kappa shape index (κ2) is 10.3. The summed E-state index contributed by atoms with van der Waals surface area (Å²) < 4.78 is 13.3. The molecule has 1 N–H and O–H groups in total. The van der Waals surface area contributed by atoms with E-state index in [1.165, 1.54) is 17.8 Å². The van der Waals surface area contributed by atoms with E-state index >= 15 is 0 Å². The van der Waals surface area contributed by atoms with E-state index in [4.69, 9.17) is 9.47 Å². The Labute approximate surface area is 189 Å². The predicted octanol–water partition coefficient (Wildman–Crippen LogP) is 2.24. The van der Waals surface area contributed by atoms with E-state index in [0.717, 1.165) is 38.5 Å². The monoisotopic (exact) mass is 462 g/mol. The minimum atomic E-state index is -0.458. The maximum absolute atomic E-state index is 12.5. The first-order valence-electron chi connectivity index (χ1n) is 10.6. The lowest BCUT2D eigenvalue weighted by atomic mass is 10.2. The molecule has 2 aliphatic heterocycles. The van der Waals surface area contributed by atoms with Crippen molar-refractivity contribution >= 4 is 35.0 Å².